The van der Waals surface area contributed by atoms with Crippen LogP contribution in [0, 0.1) is 0 Å². The second kappa shape index (κ2) is 6.43. The molecule has 3 heteroatoms. The van der Waals surface area contributed by atoms with Gasteiger partial charge in [-0.3, -0.25) is 4.79 Å². The number of nitrogens with two attached hydrogens (primary N) is 1. The number of rotatable bonds is 4. The molecule has 1 fully saturated rings. The third kappa shape index (κ3) is 3.76. The van der Waals surface area contributed by atoms with Crippen LogP contribution >= 0.6 is 0 Å². The highest BCUT2D eigenvalue weighted by atomic mass is 16.2. The van der Waals surface area contributed by atoms with Gasteiger partial charge in [-0.2, -0.15) is 0 Å². The van der Waals surface area contributed by atoms with Gasteiger partial charge in [-0.1, -0.05) is 18.6 Å². The lowest BCUT2D eigenvalue weighted by molar-refractivity contribution is -0.130. The number of likely N-dealkylation sites (tertiary alicyclic amines) is 1. The highest BCUT2D eigenvalue weighted by Crippen LogP contribution is 2.13. The third-order valence-corrected chi connectivity index (χ3v) is 3.54. The lowest BCUT2D eigenvalue weighted by Crippen LogP contribution is -2.31. The first-order valence-electron chi connectivity index (χ1n) is 6.88. The molecule has 2 N–H and O–H groups in total. The quantitative estimate of drug-likeness (QED) is 0.830. The van der Waals surface area contributed by atoms with Crippen molar-refractivity contribution in [3.8, 4) is 0 Å². The molecule has 0 aromatic heterocycles. The van der Waals surface area contributed by atoms with E-state index in [-0.39, 0.29) is 0 Å². The molecule has 98 valence electrons. The van der Waals surface area contributed by atoms with E-state index in [1.165, 1.54) is 12.0 Å². The molecule has 1 aliphatic rings. The number of aryl methyl sites for hydroxylation is 1. The smallest absolute Gasteiger partial charge is 0.222 e. The van der Waals surface area contributed by atoms with E-state index < -0.39 is 0 Å². The van der Waals surface area contributed by atoms with E-state index in [9.17, 15) is 4.79 Å². The van der Waals surface area contributed by atoms with Crippen LogP contribution in [-0.2, 0) is 11.2 Å². The van der Waals surface area contributed by atoms with Gasteiger partial charge in [0.2, 0.25) is 5.91 Å². The van der Waals surface area contributed by atoms with Gasteiger partial charge >= 0.3 is 0 Å². The van der Waals surface area contributed by atoms with E-state index >= 15 is 0 Å². The molecule has 1 saturated heterocycles. The van der Waals surface area contributed by atoms with E-state index in [1.807, 2.05) is 17.0 Å². The van der Waals surface area contributed by atoms with Gasteiger partial charge in [0.1, 0.15) is 0 Å². The van der Waals surface area contributed by atoms with E-state index in [4.69, 9.17) is 5.73 Å². The van der Waals surface area contributed by atoms with E-state index in [0.29, 0.717) is 5.91 Å². The van der Waals surface area contributed by atoms with Crippen molar-refractivity contribution in [1.82, 2.24) is 4.90 Å². The van der Waals surface area contributed by atoms with Gasteiger partial charge in [-0.25, -0.2) is 0 Å². The second-order valence-corrected chi connectivity index (χ2v) is 5.04. The Morgan fingerprint density at radius 3 is 2.67 bits per heavy atom. The van der Waals surface area contributed by atoms with Gasteiger partial charge in [-0.05, 0) is 43.4 Å². The standard InChI is InChI=1S/C15H22N2O/c16-14-9-7-13(8-10-14)5-4-12-17-11-3-1-2-6-15(17)18/h7-10H,1-6,11-12,16H2. The van der Waals surface area contributed by atoms with Crippen molar-refractivity contribution in [2.75, 3.05) is 18.8 Å². The summed E-state index contributed by atoms with van der Waals surface area (Å²) in [6, 6.07) is 8.01. The van der Waals surface area contributed by atoms with Crippen LogP contribution in [0.2, 0.25) is 0 Å². The molecular weight excluding hydrogens is 224 g/mol. The summed E-state index contributed by atoms with van der Waals surface area (Å²) in [5.74, 6) is 0.338. The molecule has 0 spiro atoms. The Hall–Kier alpha value is -1.51. The van der Waals surface area contributed by atoms with Crippen molar-refractivity contribution in [2.45, 2.75) is 38.5 Å². The number of carbonyl (C=O) groups excluding carboxylic acids is 1. The Morgan fingerprint density at radius 1 is 1.11 bits per heavy atom. The summed E-state index contributed by atoms with van der Waals surface area (Å²) in [7, 11) is 0. The number of hydrogen-bond acceptors (Lipinski definition) is 2. The fraction of sp³-hybridized carbons (Fsp3) is 0.533. The topological polar surface area (TPSA) is 46.3 Å². The predicted molar refractivity (Wildman–Crippen MR) is 74.2 cm³/mol. The minimum atomic E-state index is 0.338. The van der Waals surface area contributed by atoms with E-state index in [0.717, 1.165) is 50.9 Å². The molecule has 1 heterocycles. The van der Waals surface area contributed by atoms with Crippen LogP contribution in [0.5, 0.6) is 0 Å². The number of nitrogens with zero attached hydrogens (tertiary/aromatic N) is 1. The summed E-state index contributed by atoms with van der Waals surface area (Å²) in [6.45, 7) is 1.84. The molecule has 0 atom stereocenters. The third-order valence-electron chi connectivity index (χ3n) is 3.54. The summed E-state index contributed by atoms with van der Waals surface area (Å²) < 4.78 is 0. The average molecular weight is 246 g/mol. The Kier molecular flexibility index (Phi) is 4.62. The minimum Gasteiger partial charge on any atom is -0.399 e. The Balaban J connectivity index is 1.77. The summed E-state index contributed by atoms with van der Waals surface area (Å²) >= 11 is 0. The molecule has 18 heavy (non-hydrogen) atoms. The zero-order valence-corrected chi connectivity index (χ0v) is 10.9. The van der Waals surface area contributed by atoms with Crippen molar-refractivity contribution >= 4 is 11.6 Å². The first-order chi connectivity index (χ1) is 8.75. The molecule has 1 aliphatic heterocycles. The van der Waals surface area contributed by atoms with Crippen LogP contribution in [0.1, 0.15) is 37.7 Å². The van der Waals surface area contributed by atoms with Gasteiger partial charge in [0.15, 0.2) is 0 Å². The summed E-state index contributed by atoms with van der Waals surface area (Å²) in [5, 5.41) is 0. The van der Waals surface area contributed by atoms with Gasteiger partial charge in [0.05, 0.1) is 0 Å². The molecule has 0 radical (unpaired) electrons. The number of anilines is 1. The number of hydrogen-bond donors (Lipinski definition) is 1. The largest absolute Gasteiger partial charge is 0.399 e. The second-order valence-electron chi connectivity index (χ2n) is 5.04. The van der Waals surface area contributed by atoms with Crippen LogP contribution in [0.4, 0.5) is 5.69 Å². The molecule has 0 aliphatic carbocycles. The van der Waals surface area contributed by atoms with Gasteiger partial charge < -0.3 is 10.6 Å². The zero-order chi connectivity index (χ0) is 12.8. The summed E-state index contributed by atoms with van der Waals surface area (Å²) in [4.78, 5) is 13.8. The Labute approximate surface area is 109 Å². The van der Waals surface area contributed by atoms with Crippen molar-refractivity contribution < 1.29 is 4.79 Å². The van der Waals surface area contributed by atoms with Gasteiger partial charge in [0.25, 0.3) is 0 Å². The molecule has 1 aromatic rings. The van der Waals surface area contributed by atoms with Crippen molar-refractivity contribution in [2.24, 2.45) is 0 Å². The fourth-order valence-electron chi connectivity index (χ4n) is 2.43. The van der Waals surface area contributed by atoms with Crippen LogP contribution in [0.15, 0.2) is 24.3 Å². The minimum absolute atomic E-state index is 0.338. The molecule has 1 amide bonds. The Bertz CT molecular complexity index is 386. The van der Waals surface area contributed by atoms with Crippen LogP contribution in [0.3, 0.4) is 0 Å². The van der Waals surface area contributed by atoms with Crippen LogP contribution in [0.25, 0.3) is 0 Å². The van der Waals surface area contributed by atoms with Crippen molar-refractivity contribution in [3.05, 3.63) is 29.8 Å². The first kappa shape index (κ1) is 12.9. The molecular formula is C15H22N2O. The van der Waals surface area contributed by atoms with Gasteiger partial charge in [0, 0.05) is 25.2 Å². The monoisotopic (exact) mass is 246 g/mol. The van der Waals surface area contributed by atoms with E-state index in [2.05, 4.69) is 12.1 Å². The lowest BCUT2D eigenvalue weighted by atomic mass is 10.1. The SMILES string of the molecule is Nc1ccc(CCCN2CCCCCC2=O)cc1. The number of amides is 1. The maximum absolute atomic E-state index is 11.8. The van der Waals surface area contributed by atoms with E-state index in [1.54, 1.807) is 0 Å². The fourth-order valence-corrected chi connectivity index (χ4v) is 2.43. The number of benzene rings is 1. The maximum atomic E-state index is 11.8. The molecule has 2 rings (SSSR count). The summed E-state index contributed by atoms with van der Waals surface area (Å²) in [5.41, 5.74) is 7.76. The molecule has 0 saturated carbocycles. The number of nitrogen functional groups attached to an aromatic ring is 1. The lowest BCUT2D eigenvalue weighted by Gasteiger charge is -2.20. The zero-order valence-electron chi connectivity index (χ0n) is 10.9. The maximum Gasteiger partial charge on any atom is 0.222 e. The number of carbonyl (C=O) groups is 1. The predicted octanol–water partition coefficient (Wildman–Crippen LogP) is 2.60. The van der Waals surface area contributed by atoms with Crippen LogP contribution in [-0.4, -0.2) is 23.9 Å². The average Bonchev–Trinajstić information content (AvgIpc) is 2.57. The normalized spacial score (nSPS) is 16.7. The summed E-state index contributed by atoms with van der Waals surface area (Å²) in [6.07, 6.45) is 6.21. The molecule has 0 unspecified atom stereocenters. The first-order valence-corrected chi connectivity index (χ1v) is 6.88. The van der Waals surface area contributed by atoms with Crippen LogP contribution < -0.4 is 5.73 Å². The van der Waals surface area contributed by atoms with Gasteiger partial charge in [-0.15, -0.1) is 0 Å². The van der Waals surface area contributed by atoms with Crippen molar-refractivity contribution in [1.29, 1.82) is 0 Å². The highest BCUT2D eigenvalue weighted by molar-refractivity contribution is 5.76. The highest BCUT2D eigenvalue weighted by Gasteiger charge is 2.15. The van der Waals surface area contributed by atoms with Crippen molar-refractivity contribution in [3.63, 3.8) is 0 Å². The molecule has 1 aromatic carbocycles. The molecule has 3 nitrogen and oxygen atoms in total. The molecule has 0 bridgehead atoms. The Morgan fingerprint density at radius 2 is 1.89 bits per heavy atom.